The number of Topliss-reactive ketones (excluding diaryl/α,β-unsaturated/α-hetero) is 1. The molecule has 1 aromatic carbocycles. The normalized spacial score (nSPS) is 9.74. The third-order valence-electron chi connectivity index (χ3n) is 5.74. The highest BCUT2D eigenvalue weighted by Gasteiger charge is 2.15. The van der Waals surface area contributed by atoms with Crippen LogP contribution in [-0.2, 0) is 0 Å². The number of carbonyl (C=O) groups excluding carboxylic acids is 1. The molecule has 2 heterocycles. The lowest BCUT2D eigenvalue weighted by atomic mass is 9.96. The van der Waals surface area contributed by atoms with E-state index < -0.39 is 0 Å². The summed E-state index contributed by atoms with van der Waals surface area (Å²) in [5, 5.41) is 18.0. The highest BCUT2D eigenvalue weighted by Crippen LogP contribution is 2.25. The Morgan fingerprint density at radius 3 is 2.18 bits per heavy atom. The SMILES string of the molecule is CCCCCOc1cc(C#Cc2ccc(C#N)nc2)c(C(=O)CCCCC)cc1C#Cc1ncc(C#N)cn1. The van der Waals surface area contributed by atoms with Gasteiger partial charge in [-0.3, -0.25) is 4.79 Å². The van der Waals surface area contributed by atoms with E-state index in [1.54, 1.807) is 24.3 Å². The second-order valence-corrected chi connectivity index (χ2v) is 8.78. The van der Waals surface area contributed by atoms with Crippen molar-refractivity contribution < 1.29 is 9.53 Å². The number of aromatic nitrogens is 3. The summed E-state index contributed by atoms with van der Waals surface area (Å²) in [4.78, 5) is 25.6. The Kier molecular flexibility index (Phi) is 11.2. The van der Waals surface area contributed by atoms with Gasteiger partial charge in [0, 0.05) is 41.7 Å². The van der Waals surface area contributed by atoms with Crippen molar-refractivity contribution in [3.05, 3.63) is 82.2 Å². The molecule has 0 unspecified atom stereocenters. The smallest absolute Gasteiger partial charge is 0.205 e. The lowest BCUT2D eigenvalue weighted by Gasteiger charge is -2.12. The van der Waals surface area contributed by atoms with Crippen LogP contribution in [0.1, 0.15) is 103 Å². The molecule has 0 amide bonds. The van der Waals surface area contributed by atoms with Crippen molar-refractivity contribution in [1.29, 1.82) is 10.5 Å². The summed E-state index contributed by atoms with van der Waals surface area (Å²) in [6.45, 7) is 4.72. The number of ketones is 1. The van der Waals surface area contributed by atoms with Gasteiger partial charge >= 0.3 is 0 Å². The van der Waals surface area contributed by atoms with Crippen molar-refractivity contribution in [3.8, 4) is 41.6 Å². The van der Waals surface area contributed by atoms with Gasteiger partial charge in [-0.1, -0.05) is 57.3 Å². The number of hydrogen-bond acceptors (Lipinski definition) is 7. The first-order valence-corrected chi connectivity index (χ1v) is 13.0. The molecule has 0 saturated heterocycles. The summed E-state index contributed by atoms with van der Waals surface area (Å²) < 4.78 is 6.11. The monoisotopic (exact) mass is 515 g/mol. The number of carbonyl (C=O) groups is 1. The standard InChI is InChI=1S/C32H29N5O2/c1-3-5-7-9-30(38)29-17-27(13-15-32-36-22-25(19-33)23-37-32)31(39-16-8-6-4-2)18-26(29)12-10-24-11-14-28(20-34)35-21-24/h11,14,17-18,21-23H,3-9,16H2,1-2H3. The number of nitrogens with zero attached hydrogens (tertiary/aromatic N) is 5. The number of rotatable bonds is 10. The fourth-order valence-electron chi connectivity index (χ4n) is 3.58. The molecule has 0 saturated carbocycles. The number of unbranched alkanes of at least 4 members (excludes halogenated alkanes) is 4. The van der Waals surface area contributed by atoms with Crippen molar-refractivity contribution in [2.24, 2.45) is 0 Å². The Balaban J connectivity index is 2.06. The largest absolute Gasteiger partial charge is 0.492 e. The van der Waals surface area contributed by atoms with Crippen LogP contribution in [0.25, 0.3) is 0 Å². The number of hydrogen-bond donors (Lipinski definition) is 0. The maximum absolute atomic E-state index is 13.3. The molecule has 0 aliphatic carbocycles. The van der Waals surface area contributed by atoms with Gasteiger partial charge in [0.2, 0.25) is 5.82 Å². The maximum atomic E-state index is 13.3. The number of pyridine rings is 1. The predicted octanol–water partition coefficient (Wildman–Crippen LogP) is 5.75. The van der Waals surface area contributed by atoms with E-state index in [-0.39, 0.29) is 11.6 Å². The van der Waals surface area contributed by atoms with Crippen molar-refractivity contribution in [3.63, 3.8) is 0 Å². The van der Waals surface area contributed by atoms with Gasteiger partial charge in [0.25, 0.3) is 0 Å². The van der Waals surface area contributed by atoms with Crippen molar-refractivity contribution in [1.82, 2.24) is 15.0 Å². The van der Waals surface area contributed by atoms with Crippen molar-refractivity contribution >= 4 is 5.78 Å². The predicted molar refractivity (Wildman–Crippen MR) is 148 cm³/mol. The minimum atomic E-state index is -0.0130. The number of nitriles is 2. The lowest BCUT2D eigenvalue weighted by molar-refractivity contribution is 0.0979. The summed E-state index contributed by atoms with van der Waals surface area (Å²) in [6.07, 6.45) is 10.5. The molecule has 2 aromatic heterocycles. The van der Waals surface area contributed by atoms with Gasteiger partial charge in [0.05, 0.1) is 17.7 Å². The van der Waals surface area contributed by atoms with Crippen molar-refractivity contribution in [2.45, 2.75) is 58.8 Å². The summed E-state index contributed by atoms with van der Waals surface area (Å²) >= 11 is 0. The van der Waals surface area contributed by atoms with E-state index >= 15 is 0 Å². The van der Waals surface area contributed by atoms with Gasteiger partial charge in [-0.05, 0) is 43.0 Å². The van der Waals surface area contributed by atoms with Gasteiger partial charge in [0.15, 0.2) is 5.78 Å². The molecular formula is C32H29N5O2. The average Bonchev–Trinajstić information content (AvgIpc) is 2.98. The van der Waals surface area contributed by atoms with Crippen LogP contribution in [0.3, 0.4) is 0 Å². The zero-order valence-corrected chi connectivity index (χ0v) is 22.3. The van der Waals surface area contributed by atoms with E-state index in [4.69, 9.17) is 15.3 Å². The van der Waals surface area contributed by atoms with Crippen LogP contribution in [-0.4, -0.2) is 27.3 Å². The molecule has 0 fully saturated rings. The van der Waals surface area contributed by atoms with Crippen molar-refractivity contribution in [2.75, 3.05) is 6.61 Å². The fourth-order valence-corrected chi connectivity index (χ4v) is 3.58. The molecule has 0 bridgehead atoms. The molecule has 7 nitrogen and oxygen atoms in total. The van der Waals surface area contributed by atoms with E-state index in [2.05, 4.69) is 52.5 Å². The van der Waals surface area contributed by atoms with E-state index in [1.165, 1.54) is 18.6 Å². The van der Waals surface area contributed by atoms with Gasteiger partial charge in [-0.15, -0.1) is 0 Å². The van der Waals surface area contributed by atoms with Crippen LogP contribution >= 0.6 is 0 Å². The van der Waals surface area contributed by atoms with Crippen LogP contribution in [0.15, 0.2) is 42.9 Å². The van der Waals surface area contributed by atoms with Gasteiger partial charge in [0.1, 0.15) is 23.6 Å². The summed E-state index contributed by atoms with van der Waals surface area (Å²) in [6, 6.07) is 10.8. The summed E-state index contributed by atoms with van der Waals surface area (Å²) in [5.74, 6) is 12.9. The zero-order chi connectivity index (χ0) is 27.9. The molecule has 0 spiro atoms. The molecule has 3 aromatic rings. The lowest BCUT2D eigenvalue weighted by Crippen LogP contribution is -2.06. The zero-order valence-electron chi connectivity index (χ0n) is 22.3. The minimum absolute atomic E-state index is 0.0130. The van der Waals surface area contributed by atoms with Gasteiger partial charge < -0.3 is 4.74 Å². The van der Waals surface area contributed by atoms with E-state index in [1.807, 2.05) is 12.1 Å². The second kappa shape index (κ2) is 15.3. The molecule has 0 radical (unpaired) electrons. The molecule has 194 valence electrons. The Labute approximate surface area is 229 Å². The van der Waals surface area contributed by atoms with E-state index in [0.717, 1.165) is 38.5 Å². The molecule has 0 N–H and O–H groups in total. The maximum Gasteiger partial charge on any atom is 0.205 e. The molecule has 0 aliphatic rings. The van der Waals surface area contributed by atoms with Crippen LogP contribution in [0, 0.1) is 46.3 Å². The second-order valence-electron chi connectivity index (χ2n) is 8.78. The van der Waals surface area contributed by atoms with Crippen LogP contribution in [0.2, 0.25) is 0 Å². The first kappa shape index (κ1) is 28.6. The quantitative estimate of drug-likeness (QED) is 0.192. The highest BCUT2D eigenvalue weighted by molar-refractivity contribution is 5.99. The molecule has 39 heavy (non-hydrogen) atoms. The summed E-state index contributed by atoms with van der Waals surface area (Å²) in [7, 11) is 0. The first-order chi connectivity index (χ1) is 19.1. The Bertz CT molecular complexity index is 1490. The van der Waals surface area contributed by atoms with Gasteiger partial charge in [-0.25, -0.2) is 15.0 Å². The first-order valence-electron chi connectivity index (χ1n) is 13.0. The molecule has 0 atom stereocenters. The Morgan fingerprint density at radius 2 is 1.51 bits per heavy atom. The Hall–Kier alpha value is -4.98. The molecule has 7 heteroatoms. The third-order valence-corrected chi connectivity index (χ3v) is 5.74. The Morgan fingerprint density at radius 1 is 0.795 bits per heavy atom. The minimum Gasteiger partial charge on any atom is -0.492 e. The average molecular weight is 516 g/mol. The van der Waals surface area contributed by atoms with E-state index in [0.29, 0.717) is 52.3 Å². The highest BCUT2D eigenvalue weighted by atomic mass is 16.5. The number of ether oxygens (including phenoxy) is 1. The molecule has 3 rings (SSSR count). The van der Waals surface area contributed by atoms with Crippen LogP contribution in [0.5, 0.6) is 5.75 Å². The van der Waals surface area contributed by atoms with Crippen LogP contribution < -0.4 is 4.74 Å². The topological polar surface area (TPSA) is 113 Å². The fraction of sp³-hybridized carbons (Fsp3) is 0.312. The molecule has 0 aliphatic heterocycles. The van der Waals surface area contributed by atoms with Gasteiger partial charge in [-0.2, -0.15) is 10.5 Å². The molecular weight excluding hydrogens is 486 g/mol. The number of benzene rings is 1. The van der Waals surface area contributed by atoms with Crippen LogP contribution in [0.4, 0.5) is 0 Å². The van der Waals surface area contributed by atoms with E-state index in [9.17, 15) is 4.79 Å². The summed E-state index contributed by atoms with van der Waals surface area (Å²) in [5.41, 5.74) is 2.86. The third kappa shape index (κ3) is 8.82.